The van der Waals surface area contributed by atoms with E-state index in [1.165, 1.54) is 16.2 Å². The van der Waals surface area contributed by atoms with Gasteiger partial charge in [-0.2, -0.15) is 4.98 Å². The van der Waals surface area contributed by atoms with Crippen molar-refractivity contribution < 1.29 is 9.90 Å². The van der Waals surface area contributed by atoms with Gasteiger partial charge < -0.3 is 10.4 Å². The Morgan fingerprint density at radius 2 is 2.00 bits per heavy atom. The number of carbonyl (C=O) groups excluding carboxylic acids is 1. The second-order valence-electron chi connectivity index (χ2n) is 5.81. The van der Waals surface area contributed by atoms with E-state index in [2.05, 4.69) is 15.3 Å². The Morgan fingerprint density at radius 3 is 2.69 bits per heavy atom. The van der Waals surface area contributed by atoms with Crippen LogP contribution < -0.4 is 16.6 Å². The van der Waals surface area contributed by atoms with Gasteiger partial charge in [0.15, 0.2) is 16.9 Å². The number of benzene rings is 1. The smallest absolute Gasteiger partial charge is 0.329 e. The third kappa shape index (κ3) is 3.29. The van der Waals surface area contributed by atoms with Crippen molar-refractivity contribution in [2.75, 3.05) is 18.5 Å². The maximum atomic E-state index is 12.6. The lowest BCUT2D eigenvalue weighted by Crippen LogP contribution is -2.29. The average Bonchev–Trinajstić information content (AvgIpc) is 3.00. The Hall–Kier alpha value is -3.20. The summed E-state index contributed by atoms with van der Waals surface area (Å²) in [6.07, 6.45) is 0.477. The molecule has 0 saturated carbocycles. The number of nitrogens with zero attached hydrogens (tertiary/aromatic N) is 3. The summed E-state index contributed by atoms with van der Waals surface area (Å²) in [4.78, 5) is 43.3. The third-order valence-electron chi connectivity index (χ3n) is 4.02. The van der Waals surface area contributed by atoms with Gasteiger partial charge >= 0.3 is 5.69 Å². The molecule has 0 aliphatic carbocycles. The number of fused-ring (bicyclic) bond motifs is 1. The monoisotopic (exact) mass is 357 g/mol. The number of H-pyrrole nitrogens is 1. The lowest BCUT2D eigenvalue weighted by atomic mass is 10.1. The number of aryl methyl sites for hydroxylation is 1. The molecule has 9 nitrogen and oxygen atoms in total. The van der Waals surface area contributed by atoms with Gasteiger partial charge in [0.2, 0.25) is 5.95 Å². The minimum absolute atomic E-state index is 0.00472. The number of anilines is 1. The number of ketones is 1. The predicted molar refractivity (Wildman–Crippen MR) is 96.6 cm³/mol. The van der Waals surface area contributed by atoms with Gasteiger partial charge in [-0.1, -0.05) is 30.3 Å². The molecule has 0 amide bonds. The highest BCUT2D eigenvalue weighted by Gasteiger charge is 2.19. The Kier molecular flexibility index (Phi) is 4.99. The zero-order valence-electron chi connectivity index (χ0n) is 14.2. The van der Waals surface area contributed by atoms with E-state index in [1.807, 2.05) is 6.07 Å². The number of hydrogen-bond acceptors (Lipinski definition) is 6. The number of imidazole rings is 1. The summed E-state index contributed by atoms with van der Waals surface area (Å²) >= 11 is 0. The van der Waals surface area contributed by atoms with Gasteiger partial charge in [0.1, 0.15) is 0 Å². The summed E-state index contributed by atoms with van der Waals surface area (Å²) in [7, 11) is 1.49. The van der Waals surface area contributed by atoms with E-state index in [0.717, 1.165) is 0 Å². The molecule has 0 aliphatic rings. The van der Waals surface area contributed by atoms with Gasteiger partial charge in [0.25, 0.3) is 5.56 Å². The normalized spacial score (nSPS) is 11.0. The van der Waals surface area contributed by atoms with E-state index in [-0.39, 0.29) is 30.1 Å². The molecule has 0 bridgehead atoms. The standard InChI is InChI=1S/C17H19N5O4/c1-21-14-13(15(25)20-17(21)26)22(16(19-14)18-8-5-9-23)10-12(24)11-6-3-2-4-7-11/h2-4,6-7,23H,5,8-10H2,1H3,(H,18,19)(H,20,25,26). The van der Waals surface area contributed by atoms with Crippen molar-refractivity contribution in [1.82, 2.24) is 19.1 Å². The summed E-state index contributed by atoms with van der Waals surface area (Å²) in [5.74, 6) is 0.104. The fourth-order valence-corrected chi connectivity index (χ4v) is 2.66. The number of aliphatic hydroxyl groups excluding tert-OH is 1. The Morgan fingerprint density at radius 1 is 1.27 bits per heavy atom. The second-order valence-corrected chi connectivity index (χ2v) is 5.81. The summed E-state index contributed by atoms with van der Waals surface area (Å²) in [6.45, 7) is 0.295. The molecule has 0 aliphatic heterocycles. The molecule has 3 N–H and O–H groups in total. The van der Waals surface area contributed by atoms with Gasteiger partial charge in [-0.25, -0.2) is 4.79 Å². The molecule has 2 aromatic heterocycles. The number of nitrogens with one attached hydrogen (secondary N) is 2. The topological polar surface area (TPSA) is 122 Å². The minimum Gasteiger partial charge on any atom is -0.396 e. The Bertz CT molecular complexity index is 1050. The van der Waals surface area contributed by atoms with E-state index in [4.69, 9.17) is 5.11 Å². The van der Waals surface area contributed by atoms with Crippen molar-refractivity contribution in [2.45, 2.75) is 13.0 Å². The summed E-state index contributed by atoms with van der Waals surface area (Å²) in [6, 6.07) is 8.72. The van der Waals surface area contributed by atoms with Crippen molar-refractivity contribution in [3.8, 4) is 0 Å². The molecule has 2 heterocycles. The van der Waals surface area contributed by atoms with E-state index < -0.39 is 11.2 Å². The molecular weight excluding hydrogens is 338 g/mol. The van der Waals surface area contributed by atoms with Crippen LogP contribution in [0.25, 0.3) is 11.2 Å². The van der Waals surface area contributed by atoms with Crippen molar-refractivity contribution in [2.24, 2.45) is 7.05 Å². The van der Waals surface area contributed by atoms with E-state index in [1.54, 1.807) is 24.3 Å². The van der Waals surface area contributed by atoms with E-state index in [0.29, 0.717) is 24.5 Å². The van der Waals surface area contributed by atoms with Gasteiger partial charge in [-0.15, -0.1) is 0 Å². The maximum Gasteiger partial charge on any atom is 0.329 e. The molecular formula is C17H19N5O4. The first-order chi connectivity index (χ1) is 12.5. The zero-order chi connectivity index (χ0) is 18.7. The number of aromatic amines is 1. The molecule has 0 spiro atoms. The summed E-state index contributed by atoms with van der Waals surface area (Å²) in [5, 5.41) is 12.0. The van der Waals surface area contributed by atoms with Crippen LogP contribution in [0.2, 0.25) is 0 Å². The van der Waals surface area contributed by atoms with Crippen LogP contribution in [0.1, 0.15) is 16.8 Å². The highest BCUT2D eigenvalue weighted by Crippen LogP contribution is 2.16. The molecule has 26 heavy (non-hydrogen) atoms. The number of hydrogen-bond donors (Lipinski definition) is 3. The van der Waals surface area contributed by atoms with Crippen molar-refractivity contribution in [3.63, 3.8) is 0 Å². The largest absolute Gasteiger partial charge is 0.396 e. The second kappa shape index (κ2) is 7.36. The molecule has 9 heteroatoms. The van der Waals surface area contributed by atoms with Gasteiger partial charge in [0, 0.05) is 25.8 Å². The fraction of sp³-hybridized carbons (Fsp3) is 0.294. The molecule has 3 rings (SSSR count). The number of aliphatic hydroxyl groups is 1. The molecule has 0 fully saturated rings. The van der Waals surface area contributed by atoms with Crippen LogP contribution in [0, 0.1) is 0 Å². The number of carbonyl (C=O) groups is 1. The molecule has 0 radical (unpaired) electrons. The number of Topliss-reactive ketones (excluding diaryl/α,β-unsaturated/α-hetero) is 1. The lowest BCUT2D eigenvalue weighted by Gasteiger charge is -2.09. The van der Waals surface area contributed by atoms with Crippen molar-refractivity contribution in [3.05, 3.63) is 56.7 Å². The molecule has 0 atom stereocenters. The average molecular weight is 357 g/mol. The highest BCUT2D eigenvalue weighted by molar-refractivity contribution is 5.96. The van der Waals surface area contributed by atoms with Crippen molar-refractivity contribution in [1.29, 1.82) is 0 Å². The van der Waals surface area contributed by atoms with Crippen LogP contribution in [0.15, 0.2) is 39.9 Å². The molecule has 3 aromatic rings. The zero-order valence-corrected chi connectivity index (χ0v) is 14.2. The van der Waals surface area contributed by atoms with Crippen LogP contribution in [-0.2, 0) is 13.6 Å². The predicted octanol–water partition coefficient (Wildman–Crippen LogP) is 0.100. The Balaban J connectivity index is 2.10. The van der Waals surface area contributed by atoms with Crippen LogP contribution in [0.3, 0.4) is 0 Å². The summed E-state index contributed by atoms with van der Waals surface area (Å²) < 4.78 is 2.68. The SMILES string of the molecule is Cn1c(=O)[nH]c(=O)c2c1nc(NCCCO)n2CC(=O)c1ccccc1. The first kappa shape index (κ1) is 17.6. The number of rotatable bonds is 7. The van der Waals surface area contributed by atoms with Crippen LogP contribution in [0.4, 0.5) is 5.95 Å². The van der Waals surface area contributed by atoms with E-state index in [9.17, 15) is 14.4 Å². The van der Waals surface area contributed by atoms with Crippen LogP contribution in [-0.4, -0.2) is 43.1 Å². The van der Waals surface area contributed by atoms with Crippen LogP contribution in [0.5, 0.6) is 0 Å². The van der Waals surface area contributed by atoms with Gasteiger partial charge in [0.05, 0.1) is 6.54 Å². The van der Waals surface area contributed by atoms with Crippen LogP contribution >= 0.6 is 0 Å². The fourth-order valence-electron chi connectivity index (χ4n) is 2.66. The highest BCUT2D eigenvalue weighted by atomic mass is 16.3. The van der Waals surface area contributed by atoms with Gasteiger partial charge in [-0.05, 0) is 6.42 Å². The Labute approximate surface area is 147 Å². The van der Waals surface area contributed by atoms with Gasteiger partial charge in [-0.3, -0.25) is 23.7 Å². The lowest BCUT2D eigenvalue weighted by molar-refractivity contribution is 0.0974. The first-order valence-corrected chi connectivity index (χ1v) is 8.15. The first-order valence-electron chi connectivity index (χ1n) is 8.15. The number of aromatic nitrogens is 4. The molecule has 136 valence electrons. The molecule has 0 saturated heterocycles. The maximum absolute atomic E-state index is 12.6. The van der Waals surface area contributed by atoms with E-state index >= 15 is 0 Å². The van der Waals surface area contributed by atoms with Crippen molar-refractivity contribution >= 4 is 22.9 Å². The summed E-state index contributed by atoms with van der Waals surface area (Å²) in [5.41, 5.74) is -0.346. The quantitative estimate of drug-likeness (QED) is 0.407. The third-order valence-corrected chi connectivity index (χ3v) is 4.02. The molecule has 1 aromatic carbocycles. The minimum atomic E-state index is -0.605. The molecule has 0 unspecified atom stereocenters.